The second-order valence-electron chi connectivity index (χ2n) is 5.39. The fourth-order valence-electron chi connectivity index (χ4n) is 1.58. The molecule has 1 aromatic rings. The van der Waals surface area contributed by atoms with Crippen LogP contribution in [-0.2, 0) is 9.53 Å². The van der Waals surface area contributed by atoms with Crippen LogP contribution in [0.1, 0.15) is 38.8 Å². The van der Waals surface area contributed by atoms with E-state index >= 15 is 0 Å². The van der Waals surface area contributed by atoms with Crippen molar-refractivity contribution in [2.24, 2.45) is 0 Å². The summed E-state index contributed by atoms with van der Waals surface area (Å²) in [6.07, 6.45) is -0.957. The predicted molar refractivity (Wildman–Crippen MR) is 72.5 cm³/mol. The van der Waals surface area contributed by atoms with Crippen molar-refractivity contribution >= 4 is 12.1 Å². The number of carbonyl (C=O) groups is 2. The van der Waals surface area contributed by atoms with Crippen LogP contribution in [-0.4, -0.2) is 27.9 Å². The lowest BCUT2D eigenvalue weighted by molar-refractivity contribution is -0.137. The number of alkyl carbamates (subject to hydrolysis) is 1. The molecular formula is C14H19NO5. The Morgan fingerprint density at radius 1 is 1.25 bits per heavy atom. The van der Waals surface area contributed by atoms with E-state index in [0.29, 0.717) is 5.56 Å². The monoisotopic (exact) mass is 281 g/mol. The van der Waals surface area contributed by atoms with Crippen LogP contribution in [0.2, 0.25) is 0 Å². The van der Waals surface area contributed by atoms with E-state index in [0.717, 1.165) is 0 Å². The standard InChI is InChI=1S/C14H19NO5/c1-14(2,3)20-13(19)15-11(8-12(17)18)9-4-6-10(16)7-5-9/h4-7,11,16H,8H2,1-3H3,(H,15,19)(H,17,18). The second kappa shape index (κ2) is 6.27. The van der Waals surface area contributed by atoms with E-state index in [1.807, 2.05) is 0 Å². The highest BCUT2D eigenvalue weighted by Gasteiger charge is 2.22. The molecule has 0 heterocycles. The van der Waals surface area contributed by atoms with Gasteiger partial charge in [-0.05, 0) is 38.5 Å². The Morgan fingerprint density at radius 2 is 1.80 bits per heavy atom. The zero-order valence-corrected chi connectivity index (χ0v) is 11.7. The lowest BCUT2D eigenvalue weighted by Gasteiger charge is -2.23. The van der Waals surface area contributed by atoms with Crippen LogP contribution in [0.4, 0.5) is 4.79 Å². The predicted octanol–water partition coefficient (Wildman–Crippen LogP) is 2.43. The Morgan fingerprint density at radius 3 is 2.25 bits per heavy atom. The third-order valence-corrected chi connectivity index (χ3v) is 2.37. The van der Waals surface area contributed by atoms with E-state index in [9.17, 15) is 14.7 Å². The maximum absolute atomic E-state index is 11.7. The number of carboxylic acids is 1. The van der Waals surface area contributed by atoms with Gasteiger partial charge in [-0.1, -0.05) is 12.1 Å². The fourth-order valence-corrected chi connectivity index (χ4v) is 1.58. The zero-order valence-electron chi connectivity index (χ0n) is 11.7. The minimum absolute atomic E-state index is 0.0695. The molecule has 0 radical (unpaired) electrons. The fraction of sp³-hybridized carbons (Fsp3) is 0.429. The van der Waals surface area contributed by atoms with Gasteiger partial charge in [-0.3, -0.25) is 4.79 Å². The van der Waals surface area contributed by atoms with Gasteiger partial charge in [0.05, 0.1) is 12.5 Å². The number of nitrogens with one attached hydrogen (secondary N) is 1. The van der Waals surface area contributed by atoms with Gasteiger partial charge in [0.15, 0.2) is 0 Å². The molecule has 6 nitrogen and oxygen atoms in total. The molecule has 1 amide bonds. The molecule has 20 heavy (non-hydrogen) atoms. The van der Waals surface area contributed by atoms with Gasteiger partial charge in [0, 0.05) is 0 Å². The van der Waals surface area contributed by atoms with Crippen LogP contribution in [0.3, 0.4) is 0 Å². The molecule has 0 saturated carbocycles. The Kier molecular flexibility index (Phi) is 4.96. The summed E-state index contributed by atoms with van der Waals surface area (Å²) >= 11 is 0. The SMILES string of the molecule is CC(C)(C)OC(=O)NC(CC(=O)O)c1ccc(O)cc1. The lowest BCUT2D eigenvalue weighted by Crippen LogP contribution is -2.35. The summed E-state index contributed by atoms with van der Waals surface area (Å²) in [4.78, 5) is 22.6. The quantitative estimate of drug-likeness (QED) is 0.787. The molecule has 0 aliphatic heterocycles. The average molecular weight is 281 g/mol. The molecule has 0 aliphatic rings. The van der Waals surface area contributed by atoms with Gasteiger partial charge in [0.2, 0.25) is 0 Å². The number of phenols is 1. The van der Waals surface area contributed by atoms with Crippen molar-refractivity contribution in [2.45, 2.75) is 38.8 Å². The zero-order chi connectivity index (χ0) is 15.3. The Hall–Kier alpha value is -2.24. The number of aliphatic carboxylic acids is 1. The van der Waals surface area contributed by atoms with Crippen molar-refractivity contribution in [3.05, 3.63) is 29.8 Å². The van der Waals surface area contributed by atoms with Crippen LogP contribution in [0.25, 0.3) is 0 Å². The number of rotatable bonds is 4. The van der Waals surface area contributed by atoms with E-state index in [4.69, 9.17) is 9.84 Å². The Bertz CT molecular complexity index is 475. The third kappa shape index (κ3) is 5.60. The van der Waals surface area contributed by atoms with Crippen molar-refractivity contribution < 1.29 is 24.5 Å². The summed E-state index contributed by atoms with van der Waals surface area (Å²) in [7, 11) is 0. The van der Waals surface area contributed by atoms with Gasteiger partial charge in [0.25, 0.3) is 0 Å². The molecule has 6 heteroatoms. The first-order valence-electron chi connectivity index (χ1n) is 6.17. The molecule has 1 aromatic carbocycles. The second-order valence-corrected chi connectivity index (χ2v) is 5.39. The molecule has 3 N–H and O–H groups in total. The first kappa shape index (κ1) is 15.8. The molecule has 0 spiro atoms. The number of hydrogen-bond acceptors (Lipinski definition) is 4. The summed E-state index contributed by atoms with van der Waals surface area (Å²) in [6.45, 7) is 5.16. The van der Waals surface area contributed by atoms with E-state index in [1.54, 1.807) is 32.9 Å². The first-order valence-corrected chi connectivity index (χ1v) is 6.17. The van der Waals surface area contributed by atoms with Gasteiger partial charge in [-0.25, -0.2) is 4.79 Å². The molecular weight excluding hydrogens is 262 g/mol. The van der Waals surface area contributed by atoms with E-state index in [2.05, 4.69) is 5.32 Å². The molecule has 0 saturated heterocycles. The Labute approximate surface area is 117 Å². The van der Waals surface area contributed by atoms with Crippen molar-refractivity contribution in [3.8, 4) is 5.75 Å². The van der Waals surface area contributed by atoms with Crippen molar-refractivity contribution in [3.63, 3.8) is 0 Å². The Balaban J connectivity index is 2.82. The number of phenolic OH excluding ortho intramolecular Hbond substituents is 1. The topological polar surface area (TPSA) is 95.9 Å². The highest BCUT2D eigenvalue weighted by Crippen LogP contribution is 2.20. The largest absolute Gasteiger partial charge is 0.508 e. The molecule has 0 aliphatic carbocycles. The molecule has 1 unspecified atom stereocenters. The maximum atomic E-state index is 11.7. The number of amides is 1. The summed E-state index contributed by atoms with van der Waals surface area (Å²) in [6, 6.07) is 5.26. The van der Waals surface area contributed by atoms with Gasteiger partial charge in [0.1, 0.15) is 11.4 Å². The summed E-state index contributed by atoms with van der Waals surface area (Å²) in [5.74, 6) is -0.973. The minimum atomic E-state index is -1.04. The van der Waals surface area contributed by atoms with Crippen LogP contribution < -0.4 is 5.32 Å². The molecule has 110 valence electrons. The maximum Gasteiger partial charge on any atom is 0.408 e. The van der Waals surface area contributed by atoms with Crippen molar-refractivity contribution in [1.29, 1.82) is 0 Å². The molecule has 0 aromatic heterocycles. The van der Waals surface area contributed by atoms with Gasteiger partial charge >= 0.3 is 12.1 Å². The van der Waals surface area contributed by atoms with Gasteiger partial charge in [-0.15, -0.1) is 0 Å². The van der Waals surface area contributed by atoms with Gasteiger partial charge < -0.3 is 20.3 Å². The smallest absolute Gasteiger partial charge is 0.408 e. The van der Waals surface area contributed by atoms with Crippen LogP contribution in [0, 0.1) is 0 Å². The van der Waals surface area contributed by atoms with Crippen LogP contribution >= 0.6 is 0 Å². The summed E-state index contributed by atoms with van der Waals surface area (Å²) in [5, 5.41) is 20.6. The van der Waals surface area contributed by atoms with Crippen LogP contribution in [0.5, 0.6) is 5.75 Å². The number of carboxylic acid groups (broad SMARTS) is 1. The number of aromatic hydroxyl groups is 1. The molecule has 1 rings (SSSR count). The highest BCUT2D eigenvalue weighted by atomic mass is 16.6. The minimum Gasteiger partial charge on any atom is -0.508 e. The van der Waals surface area contributed by atoms with Crippen LogP contribution in [0.15, 0.2) is 24.3 Å². The third-order valence-electron chi connectivity index (χ3n) is 2.37. The van der Waals surface area contributed by atoms with E-state index in [-0.39, 0.29) is 12.2 Å². The number of hydrogen-bond donors (Lipinski definition) is 3. The van der Waals surface area contributed by atoms with E-state index in [1.165, 1.54) is 12.1 Å². The lowest BCUT2D eigenvalue weighted by atomic mass is 10.0. The molecule has 0 bridgehead atoms. The van der Waals surface area contributed by atoms with Crippen molar-refractivity contribution in [2.75, 3.05) is 0 Å². The van der Waals surface area contributed by atoms with E-state index < -0.39 is 23.7 Å². The normalized spacial score (nSPS) is 12.6. The number of benzene rings is 1. The summed E-state index contributed by atoms with van der Waals surface area (Å²) < 4.78 is 5.10. The summed E-state index contributed by atoms with van der Waals surface area (Å²) in [5.41, 5.74) is -0.0802. The highest BCUT2D eigenvalue weighted by molar-refractivity contribution is 5.72. The molecule has 1 atom stereocenters. The first-order chi connectivity index (χ1) is 9.17. The van der Waals surface area contributed by atoms with Gasteiger partial charge in [-0.2, -0.15) is 0 Å². The number of carbonyl (C=O) groups excluding carboxylic acids is 1. The molecule has 0 fully saturated rings. The van der Waals surface area contributed by atoms with Crippen molar-refractivity contribution in [1.82, 2.24) is 5.32 Å². The number of ether oxygens (including phenoxy) is 1. The average Bonchev–Trinajstić information content (AvgIpc) is 2.25.